The monoisotopic (exact) mass is 382 g/mol. The third-order valence-electron chi connectivity index (χ3n) is 4.89. The minimum Gasteiger partial charge on any atom is -0.335 e. The molecule has 1 heterocycles. The van der Waals surface area contributed by atoms with Crippen LogP contribution in [-0.2, 0) is 17.5 Å². The van der Waals surface area contributed by atoms with Crippen LogP contribution in [0.5, 0.6) is 0 Å². The summed E-state index contributed by atoms with van der Waals surface area (Å²) in [5, 5.41) is 4.87. The van der Waals surface area contributed by atoms with E-state index in [1.54, 1.807) is 12.1 Å². The first-order chi connectivity index (χ1) is 12.8. The number of nitrogens with zero attached hydrogens (tertiary/aromatic N) is 2. The number of imidazole rings is 1. The molecule has 27 heavy (non-hydrogen) atoms. The Labute approximate surface area is 154 Å². The van der Waals surface area contributed by atoms with Gasteiger partial charge in [-0.15, -0.1) is 0 Å². The van der Waals surface area contributed by atoms with Crippen molar-refractivity contribution in [1.82, 2.24) is 20.2 Å². The molecule has 0 bridgehead atoms. The number of fused-ring (bicyclic) bond motifs is 1. The van der Waals surface area contributed by atoms with Gasteiger partial charge in [0, 0.05) is 6.04 Å². The summed E-state index contributed by atoms with van der Waals surface area (Å²) in [6, 6.07) is 5.31. The van der Waals surface area contributed by atoms with E-state index in [9.17, 15) is 22.8 Å². The second kappa shape index (κ2) is 7.58. The van der Waals surface area contributed by atoms with Gasteiger partial charge in [-0.2, -0.15) is 13.2 Å². The fraction of sp³-hybridized carbons (Fsp3) is 0.500. The number of imide groups is 1. The van der Waals surface area contributed by atoms with Gasteiger partial charge in [0.05, 0.1) is 11.0 Å². The van der Waals surface area contributed by atoms with Gasteiger partial charge in [0.1, 0.15) is 6.54 Å². The van der Waals surface area contributed by atoms with Crippen molar-refractivity contribution in [3.63, 3.8) is 0 Å². The van der Waals surface area contributed by atoms with Crippen LogP contribution < -0.4 is 10.6 Å². The number of benzene rings is 1. The van der Waals surface area contributed by atoms with Crippen molar-refractivity contribution < 1.29 is 22.8 Å². The van der Waals surface area contributed by atoms with Crippen LogP contribution in [0.4, 0.5) is 18.0 Å². The molecule has 2 N–H and O–H groups in total. The van der Waals surface area contributed by atoms with Crippen LogP contribution in [0.3, 0.4) is 0 Å². The SMILES string of the molecule is C[C@H]1CCCC[C@@H]1NC(=O)NC(=O)Cn1c(C(F)(F)F)nc2ccccc21. The molecule has 3 amide bonds. The van der Waals surface area contributed by atoms with Gasteiger partial charge in [0.15, 0.2) is 0 Å². The van der Waals surface area contributed by atoms with E-state index < -0.39 is 30.5 Å². The molecular weight excluding hydrogens is 361 g/mol. The Hall–Kier alpha value is -2.58. The second-order valence-electron chi connectivity index (χ2n) is 6.90. The fourth-order valence-corrected chi connectivity index (χ4v) is 3.50. The van der Waals surface area contributed by atoms with Gasteiger partial charge in [0.25, 0.3) is 0 Å². The van der Waals surface area contributed by atoms with Gasteiger partial charge in [0.2, 0.25) is 11.7 Å². The van der Waals surface area contributed by atoms with Gasteiger partial charge < -0.3 is 9.88 Å². The number of alkyl halides is 3. The number of rotatable bonds is 3. The summed E-state index contributed by atoms with van der Waals surface area (Å²) in [5.74, 6) is -1.70. The smallest absolute Gasteiger partial charge is 0.335 e. The normalized spacial score (nSPS) is 20.4. The second-order valence-corrected chi connectivity index (χ2v) is 6.90. The number of nitrogens with one attached hydrogen (secondary N) is 2. The maximum absolute atomic E-state index is 13.3. The molecule has 9 heteroatoms. The minimum absolute atomic E-state index is 0.0358. The zero-order chi connectivity index (χ0) is 19.6. The summed E-state index contributed by atoms with van der Waals surface area (Å²) in [6.07, 6.45) is -0.784. The summed E-state index contributed by atoms with van der Waals surface area (Å²) in [5.41, 5.74) is 0.319. The van der Waals surface area contributed by atoms with Crippen molar-refractivity contribution in [2.75, 3.05) is 0 Å². The van der Waals surface area contributed by atoms with Crippen LogP contribution in [0.1, 0.15) is 38.4 Å². The van der Waals surface area contributed by atoms with E-state index in [-0.39, 0.29) is 17.1 Å². The zero-order valence-corrected chi connectivity index (χ0v) is 14.8. The Morgan fingerprint density at radius 3 is 2.63 bits per heavy atom. The molecule has 1 aromatic carbocycles. The number of amides is 3. The van der Waals surface area contributed by atoms with Crippen LogP contribution in [-0.4, -0.2) is 27.5 Å². The lowest BCUT2D eigenvalue weighted by Crippen LogP contribution is -2.48. The molecule has 0 saturated heterocycles. The Bertz CT molecular complexity index is 847. The van der Waals surface area contributed by atoms with Crippen molar-refractivity contribution in [2.24, 2.45) is 5.92 Å². The molecule has 3 rings (SSSR count). The number of aromatic nitrogens is 2. The van der Waals surface area contributed by atoms with E-state index in [0.717, 1.165) is 30.3 Å². The van der Waals surface area contributed by atoms with E-state index >= 15 is 0 Å². The van der Waals surface area contributed by atoms with Crippen molar-refractivity contribution in [1.29, 1.82) is 0 Å². The highest BCUT2D eigenvalue weighted by atomic mass is 19.4. The molecule has 1 aliphatic rings. The largest absolute Gasteiger partial charge is 0.449 e. The van der Waals surface area contributed by atoms with Crippen LogP contribution in [0, 0.1) is 5.92 Å². The first-order valence-electron chi connectivity index (χ1n) is 8.88. The molecule has 6 nitrogen and oxygen atoms in total. The molecular formula is C18H21F3N4O2. The molecule has 1 saturated carbocycles. The zero-order valence-electron chi connectivity index (χ0n) is 14.8. The first kappa shape index (κ1) is 19.2. The molecule has 1 fully saturated rings. The van der Waals surface area contributed by atoms with Crippen LogP contribution >= 0.6 is 0 Å². The average molecular weight is 382 g/mol. The Kier molecular flexibility index (Phi) is 5.38. The Morgan fingerprint density at radius 2 is 1.93 bits per heavy atom. The summed E-state index contributed by atoms with van der Waals surface area (Å²) in [4.78, 5) is 27.8. The van der Waals surface area contributed by atoms with Crippen molar-refractivity contribution in [3.8, 4) is 0 Å². The van der Waals surface area contributed by atoms with E-state index in [4.69, 9.17) is 0 Å². The summed E-state index contributed by atoms with van der Waals surface area (Å²) < 4.78 is 40.6. The summed E-state index contributed by atoms with van der Waals surface area (Å²) >= 11 is 0. The van der Waals surface area contributed by atoms with Crippen molar-refractivity contribution in [3.05, 3.63) is 30.1 Å². The van der Waals surface area contributed by atoms with Crippen LogP contribution in [0.25, 0.3) is 11.0 Å². The van der Waals surface area contributed by atoms with E-state index in [0.29, 0.717) is 5.92 Å². The quantitative estimate of drug-likeness (QED) is 0.854. The van der Waals surface area contributed by atoms with Crippen LogP contribution in [0.2, 0.25) is 0 Å². The van der Waals surface area contributed by atoms with Gasteiger partial charge >= 0.3 is 12.2 Å². The number of halogens is 3. The molecule has 146 valence electrons. The van der Waals surface area contributed by atoms with Crippen LogP contribution in [0.15, 0.2) is 24.3 Å². The lowest BCUT2D eigenvalue weighted by molar-refractivity contribution is -0.147. The number of carbonyl (C=O) groups is 2. The molecule has 0 unspecified atom stereocenters. The third-order valence-corrected chi connectivity index (χ3v) is 4.89. The van der Waals surface area contributed by atoms with E-state index in [1.165, 1.54) is 12.1 Å². The molecule has 1 aliphatic carbocycles. The van der Waals surface area contributed by atoms with E-state index in [1.807, 2.05) is 6.92 Å². The lowest BCUT2D eigenvalue weighted by Gasteiger charge is -2.29. The number of carbonyl (C=O) groups excluding carboxylic acids is 2. The molecule has 0 radical (unpaired) electrons. The molecule has 2 aromatic rings. The minimum atomic E-state index is -4.71. The first-order valence-corrected chi connectivity index (χ1v) is 8.88. The predicted molar refractivity (Wildman–Crippen MR) is 92.8 cm³/mol. The van der Waals surface area contributed by atoms with Gasteiger partial charge in [-0.05, 0) is 30.9 Å². The molecule has 0 aliphatic heterocycles. The number of urea groups is 1. The topological polar surface area (TPSA) is 76.0 Å². The van der Waals surface area contributed by atoms with Gasteiger partial charge in [-0.3, -0.25) is 10.1 Å². The lowest BCUT2D eigenvalue weighted by atomic mass is 9.86. The van der Waals surface area contributed by atoms with E-state index in [2.05, 4.69) is 15.6 Å². The Balaban J connectivity index is 1.71. The standard InChI is InChI=1S/C18H21F3N4O2/c1-11-6-2-3-7-12(11)23-17(27)24-15(26)10-25-14-9-5-4-8-13(14)22-16(25)18(19,20)21/h4-5,8-9,11-12H,2-3,6-7,10H2,1H3,(H2,23,24,26,27)/t11-,12-/m0/s1. The van der Waals surface area contributed by atoms with Gasteiger partial charge in [-0.1, -0.05) is 31.9 Å². The third kappa shape index (κ3) is 4.40. The highest BCUT2D eigenvalue weighted by Crippen LogP contribution is 2.31. The number of para-hydroxylation sites is 2. The Morgan fingerprint density at radius 1 is 1.22 bits per heavy atom. The number of hydrogen-bond acceptors (Lipinski definition) is 3. The highest BCUT2D eigenvalue weighted by molar-refractivity contribution is 5.95. The summed E-state index contributed by atoms with van der Waals surface area (Å²) in [6.45, 7) is 1.38. The maximum atomic E-state index is 13.3. The summed E-state index contributed by atoms with van der Waals surface area (Å²) in [7, 11) is 0. The number of hydrogen-bond donors (Lipinski definition) is 2. The predicted octanol–water partition coefficient (Wildman–Crippen LogP) is 3.46. The van der Waals surface area contributed by atoms with Crippen molar-refractivity contribution >= 4 is 23.0 Å². The van der Waals surface area contributed by atoms with Gasteiger partial charge in [-0.25, -0.2) is 9.78 Å². The average Bonchev–Trinajstić information content (AvgIpc) is 2.96. The fourth-order valence-electron chi connectivity index (χ4n) is 3.50. The van der Waals surface area contributed by atoms with Crippen molar-refractivity contribution in [2.45, 2.75) is 51.4 Å². The molecule has 2 atom stereocenters. The maximum Gasteiger partial charge on any atom is 0.449 e. The molecule has 1 aromatic heterocycles. The highest BCUT2D eigenvalue weighted by Gasteiger charge is 2.38. The molecule has 0 spiro atoms.